The van der Waals surface area contributed by atoms with Gasteiger partial charge in [0.2, 0.25) is 11.8 Å². The van der Waals surface area contributed by atoms with Gasteiger partial charge in [0.15, 0.2) is 5.69 Å². The van der Waals surface area contributed by atoms with Crippen molar-refractivity contribution < 1.29 is 14.4 Å². The number of benzene rings is 1. The minimum absolute atomic E-state index is 0.00854. The summed E-state index contributed by atoms with van der Waals surface area (Å²) in [6.45, 7) is 1.73. The van der Waals surface area contributed by atoms with Gasteiger partial charge >= 0.3 is 0 Å². The van der Waals surface area contributed by atoms with E-state index in [0.717, 1.165) is 36.1 Å². The fourth-order valence-electron chi connectivity index (χ4n) is 5.94. The summed E-state index contributed by atoms with van der Waals surface area (Å²) in [5, 5.41) is 7.83. The molecule has 1 aliphatic carbocycles. The molecule has 2 fully saturated rings. The van der Waals surface area contributed by atoms with E-state index in [1.165, 1.54) is 4.68 Å². The number of carbonyl (C=O) groups excluding carboxylic acids is 3. The number of anilines is 2. The molecular weight excluding hydrogens is 496 g/mol. The molecule has 0 spiro atoms. The second kappa shape index (κ2) is 9.50. The van der Waals surface area contributed by atoms with Crippen LogP contribution in [0.4, 0.5) is 11.6 Å². The second-order valence-electron chi connectivity index (χ2n) is 10.2. The first-order chi connectivity index (χ1) is 18.8. The predicted molar refractivity (Wildman–Crippen MR) is 145 cm³/mol. The number of aromatic nitrogens is 4. The summed E-state index contributed by atoms with van der Waals surface area (Å²) in [7, 11) is 0. The highest BCUT2D eigenvalue weighted by molar-refractivity contribution is 6.05. The number of nitrogen functional groups attached to an aromatic ring is 1. The van der Waals surface area contributed by atoms with E-state index < -0.39 is 11.9 Å². The zero-order valence-corrected chi connectivity index (χ0v) is 21.4. The molecule has 1 saturated heterocycles. The Labute approximate surface area is 224 Å². The van der Waals surface area contributed by atoms with Crippen molar-refractivity contribution in [3.63, 3.8) is 0 Å². The number of carbonyl (C=O) groups is 3. The average Bonchev–Trinajstić information content (AvgIpc) is 3.62. The van der Waals surface area contributed by atoms with Gasteiger partial charge in [-0.25, -0.2) is 9.97 Å². The average molecular weight is 525 g/mol. The molecule has 2 unspecified atom stereocenters. The number of likely N-dealkylation sites (tertiary alicyclic amines) is 1. The molecule has 4 heterocycles. The summed E-state index contributed by atoms with van der Waals surface area (Å²) in [5.74, 6) is -0.198. The molecule has 6 rings (SSSR count). The van der Waals surface area contributed by atoms with E-state index in [1.54, 1.807) is 35.4 Å². The quantitative estimate of drug-likeness (QED) is 0.349. The smallest absolute Gasteiger partial charge is 0.269 e. The van der Waals surface area contributed by atoms with Crippen LogP contribution in [0, 0.1) is 12.8 Å². The number of hydrogen-bond acceptors (Lipinski definition) is 7. The van der Waals surface area contributed by atoms with Gasteiger partial charge in [0.25, 0.3) is 5.91 Å². The Bertz CT molecular complexity index is 1610. The van der Waals surface area contributed by atoms with Crippen molar-refractivity contribution in [3.05, 3.63) is 66.1 Å². The van der Waals surface area contributed by atoms with Crippen LogP contribution in [-0.4, -0.2) is 54.5 Å². The van der Waals surface area contributed by atoms with Crippen LogP contribution >= 0.6 is 0 Å². The van der Waals surface area contributed by atoms with E-state index in [0.29, 0.717) is 22.5 Å². The van der Waals surface area contributed by atoms with Crippen LogP contribution in [-0.2, 0) is 16.1 Å². The van der Waals surface area contributed by atoms with Crippen molar-refractivity contribution in [1.29, 1.82) is 0 Å². The van der Waals surface area contributed by atoms with Gasteiger partial charge in [0, 0.05) is 28.9 Å². The molecular formula is C28H28N8O3. The number of nitrogens with two attached hydrogens (primary N) is 2. The number of nitrogens with zero attached hydrogens (tertiary/aromatic N) is 5. The normalized spacial score (nSPS) is 19.9. The molecule has 5 N–H and O–H groups in total. The lowest BCUT2D eigenvalue weighted by Crippen LogP contribution is -2.52. The summed E-state index contributed by atoms with van der Waals surface area (Å²) in [5.41, 5.74) is 14.4. The monoisotopic (exact) mass is 524 g/mol. The highest BCUT2D eigenvalue weighted by Gasteiger charge is 2.51. The second-order valence-corrected chi connectivity index (χ2v) is 10.2. The maximum absolute atomic E-state index is 13.7. The van der Waals surface area contributed by atoms with E-state index in [-0.39, 0.29) is 36.0 Å². The Morgan fingerprint density at radius 1 is 1.08 bits per heavy atom. The molecule has 198 valence electrons. The molecule has 2 bridgehead atoms. The van der Waals surface area contributed by atoms with Crippen LogP contribution < -0.4 is 16.8 Å². The standard InChI is InChI=1S/C28H28N8O3/c1-15-3-2-4-23(32-15)33-28(39)26-17-5-8-19(11-17)36(26)24(37)14-35-21-9-6-16(18-7-10-22(29)31-13-18)12-20(21)25(34-35)27(30)38/h2-4,6-7,9-10,12-13,17,19,26H,5,8,11,14H2,1H3,(H2,29,31)(H2,30,38)(H,32,33,39)/t17?,19?,26-/m0/s1. The van der Waals surface area contributed by atoms with Crippen molar-refractivity contribution in [3.8, 4) is 11.1 Å². The van der Waals surface area contributed by atoms with E-state index in [2.05, 4.69) is 20.4 Å². The van der Waals surface area contributed by atoms with Gasteiger partial charge in [-0.3, -0.25) is 19.1 Å². The largest absolute Gasteiger partial charge is 0.384 e. The number of piperidine rings is 1. The minimum atomic E-state index is -0.693. The number of amides is 3. The van der Waals surface area contributed by atoms with Gasteiger partial charge in [0.05, 0.1) is 5.52 Å². The number of rotatable bonds is 6. The lowest BCUT2D eigenvalue weighted by Gasteiger charge is -2.34. The lowest BCUT2D eigenvalue weighted by molar-refractivity contribution is -0.141. The highest BCUT2D eigenvalue weighted by Crippen LogP contribution is 2.43. The van der Waals surface area contributed by atoms with Crippen LogP contribution in [0.25, 0.3) is 22.0 Å². The van der Waals surface area contributed by atoms with E-state index >= 15 is 0 Å². The fourth-order valence-corrected chi connectivity index (χ4v) is 5.94. The lowest BCUT2D eigenvalue weighted by atomic mass is 9.97. The van der Waals surface area contributed by atoms with Crippen LogP contribution in [0.1, 0.15) is 35.4 Å². The minimum Gasteiger partial charge on any atom is -0.384 e. The number of primary amides is 1. The number of aryl methyl sites for hydroxylation is 1. The molecule has 1 aliphatic heterocycles. The van der Waals surface area contributed by atoms with Crippen LogP contribution in [0.5, 0.6) is 0 Å². The summed E-state index contributed by atoms with van der Waals surface area (Å²) in [6.07, 6.45) is 4.19. The molecule has 1 aromatic carbocycles. The number of nitrogens with one attached hydrogen (secondary N) is 1. The zero-order valence-electron chi connectivity index (χ0n) is 21.4. The topological polar surface area (TPSA) is 162 Å². The number of fused-ring (bicyclic) bond motifs is 3. The van der Waals surface area contributed by atoms with Crippen molar-refractivity contribution in [2.45, 2.75) is 44.8 Å². The summed E-state index contributed by atoms with van der Waals surface area (Å²) in [6, 6.07) is 13.8. The van der Waals surface area contributed by atoms with Crippen molar-refractivity contribution in [2.24, 2.45) is 11.7 Å². The van der Waals surface area contributed by atoms with Gasteiger partial charge < -0.3 is 21.7 Å². The molecule has 11 nitrogen and oxygen atoms in total. The van der Waals surface area contributed by atoms with Gasteiger partial charge in [-0.1, -0.05) is 12.1 Å². The molecule has 11 heteroatoms. The maximum Gasteiger partial charge on any atom is 0.269 e. The van der Waals surface area contributed by atoms with Crippen LogP contribution in [0.3, 0.4) is 0 Å². The van der Waals surface area contributed by atoms with Crippen LogP contribution in [0.2, 0.25) is 0 Å². The zero-order chi connectivity index (χ0) is 27.3. The van der Waals surface area contributed by atoms with Crippen molar-refractivity contribution in [1.82, 2.24) is 24.6 Å². The van der Waals surface area contributed by atoms with Crippen molar-refractivity contribution >= 4 is 40.3 Å². The van der Waals surface area contributed by atoms with E-state index in [1.807, 2.05) is 31.2 Å². The first kappa shape index (κ1) is 24.5. The summed E-state index contributed by atoms with van der Waals surface area (Å²) >= 11 is 0. The maximum atomic E-state index is 13.7. The molecule has 39 heavy (non-hydrogen) atoms. The van der Waals surface area contributed by atoms with Gasteiger partial charge in [-0.2, -0.15) is 5.10 Å². The third-order valence-electron chi connectivity index (χ3n) is 7.67. The Hall–Kier alpha value is -4.80. The molecule has 3 amide bonds. The molecule has 0 radical (unpaired) electrons. The first-order valence-electron chi connectivity index (χ1n) is 12.9. The molecule has 2 aliphatic rings. The Morgan fingerprint density at radius 3 is 2.64 bits per heavy atom. The number of hydrogen-bond donors (Lipinski definition) is 3. The van der Waals surface area contributed by atoms with Gasteiger partial charge in [-0.15, -0.1) is 0 Å². The molecule has 1 saturated carbocycles. The SMILES string of the molecule is Cc1cccc(NC(=O)[C@@H]2C3CCC(C3)N2C(=O)Cn2nc(C(N)=O)c3cc(-c4ccc(N)nc4)ccc32)n1. The van der Waals surface area contributed by atoms with E-state index in [9.17, 15) is 14.4 Å². The third kappa shape index (κ3) is 4.45. The highest BCUT2D eigenvalue weighted by atomic mass is 16.2. The third-order valence-corrected chi connectivity index (χ3v) is 7.67. The van der Waals surface area contributed by atoms with Crippen LogP contribution in [0.15, 0.2) is 54.7 Å². The Morgan fingerprint density at radius 2 is 1.90 bits per heavy atom. The molecule has 4 aromatic rings. The molecule has 3 aromatic heterocycles. The first-order valence-corrected chi connectivity index (χ1v) is 12.9. The predicted octanol–water partition coefficient (Wildman–Crippen LogP) is 2.50. The van der Waals surface area contributed by atoms with Gasteiger partial charge in [0.1, 0.15) is 24.2 Å². The number of pyridine rings is 2. The summed E-state index contributed by atoms with van der Waals surface area (Å²) in [4.78, 5) is 49.5. The molecule has 3 atom stereocenters. The van der Waals surface area contributed by atoms with E-state index in [4.69, 9.17) is 11.5 Å². The summed E-state index contributed by atoms with van der Waals surface area (Å²) < 4.78 is 1.49. The Balaban J connectivity index is 1.29. The fraction of sp³-hybridized carbons (Fsp3) is 0.286. The van der Waals surface area contributed by atoms with Crippen molar-refractivity contribution in [2.75, 3.05) is 11.1 Å². The Kier molecular flexibility index (Phi) is 5.97. The van der Waals surface area contributed by atoms with Gasteiger partial charge in [-0.05, 0) is 74.1 Å².